The van der Waals surface area contributed by atoms with Crippen molar-refractivity contribution in [3.8, 4) is 11.6 Å². The second kappa shape index (κ2) is 6.57. The average molecular weight is 313 g/mol. The van der Waals surface area contributed by atoms with Crippen molar-refractivity contribution >= 4 is 11.8 Å². The van der Waals surface area contributed by atoms with Gasteiger partial charge in [0.15, 0.2) is 0 Å². The molecule has 0 aliphatic carbocycles. The molecule has 0 amide bonds. The summed E-state index contributed by atoms with van der Waals surface area (Å²) in [7, 11) is 1.61. The maximum atomic E-state index is 5.13. The van der Waals surface area contributed by atoms with E-state index in [0.717, 1.165) is 22.2 Å². The SMILES string of the molecule is COc1cc(CSc2nnnn2-c2ccc(C)cc2)ccn1. The number of thioether (sulfide) groups is 1. The molecule has 0 N–H and O–H groups in total. The van der Waals surface area contributed by atoms with Crippen molar-refractivity contribution in [1.29, 1.82) is 0 Å². The third kappa shape index (κ3) is 3.25. The zero-order valence-corrected chi connectivity index (χ0v) is 13.1. The van der Waals surface area contributed by atoms with Gasteiger partial charge in [0.2, 0.25) is 11.0 Å². The van der Waals surface area contributed by atoms with E-state index in [4.69, 9.17) is 4.74 Å². The topological polar surface area (TPSA) is 65.7 Å². The molecule has 0 aliphatic heterocycles. The summed E-state index contributed by atoms with van der Waals surface area (Å²) in [6.45, 7) is 2.05. The van der Waals surface area contributed by atoms with Gasteiger partial charge in [-0.15, -0.1) is 5.10 Å². The smallest absolute Gasteiger partial charge is 0.214 e. The van der Waals surface area contributed by atoms with Gasteiger partial charge in [-0.3, -0.25) is 0 Å². The fraction of sp³-hybridized carbons (Fsp3) is 0.200. The molecule has 0 saturated heterocycles. The van der Waals surface area contributed by atoms with Gasteiger partial charge in [0.1, 0.15) is 0 Å². The average Bonchev–Trinajstić information content (AvgIpc) is 3.02. The lowest BCUT2D eigenvalue weighted by Gasteiger charge is -2.05. The van der Waals surface area contributed by atoms with Crippen molar-refractivity contribution in [3.63, 3.8) is 0 Å². The van der Waals surface area contributed by atoms with E-state index in [-0.39, 0.29) is 0 Å². The molecule has 0 bridgehead atoms. The molecule has 0 aliphatic rings. The van der Waals surface area contributed by atoms with E-state index < -0.39 is 0 Å². The Hall–Kier alpha value is -2.41. The Morgan fingerprint density at radius 3 is 2.77 bits per heavy atom. The second-order valence-corrected chi connectivity index (χ2v) is 5.65. The summed E-state index contributed by atoms with van der Waals surface area (Å²) in [5, 5.41) is 12.7. The van der Waals surface area contributed by atoms with Crippen LogP contribution in [0.4, 0.5) is 0 Å². The lowest BCUT2D eigenvalue weighted by Crippen LogP contribution is -1.99. The van der Waals surface area contributed by atoms with Gasteiger partial charge < -0.3 is 4.74 Å². The highest BCUT2D eigenvalue weighted by Gasteiger charge is 2.09. The maximum Gasteiger partial charge on any atom is 0.214 e. The molecule has 1 aromatic carbocycles. The highest BCUT2D eigenvalue weighted by Crippen LogP contribution is 2.23. The molecule has 0 fully saturated rings. The summed E-state index contributed by atoms with van der Waals surface area (Å²) in [4.78, 5) is 4.10. The van der Waals surface area contributed by atoms with Crippen LogP contribution in [0, 0.1) is 6.92 Å². The number of rotatable bonds is 5. The van der Waals surface area contributed by atoms with Crippen molar-refractivity contribution in [2.24, 2.45) is 0 Å². The molecule has 3 aromatic rings. The van der Waals surface area contributed by atoms with Crippen LogP contribution in [-0.2, 0) is 5.75 Å². The molecule has 2 heterocycles. The number of ether oxygens (including phenoxy) is 1. The Labute approximate surface area is 132 Å². The Morgan fingerprint density at radius 2 is 2.00 bits per heavy atom. The summed E-state index contributed by atoms with van der Waals surface area (Å²) in [5.41, 5.74) is 3.26. The van der Waals surface area contributed by atoms with Gasteiger partial charge in [0.05, 0.1) is 12.8 Å². The number of hydrogen-bond donors (Lipinski definition) is 0. The summed E-state index contributed by atoms with van der Waals surface area (Å²) in [5.74, 6) is 1.35. The number of aryl methyl sites for hydroxylation is 1. The molecule has 0 spiro atoms. The lowest BCUT2D eigenvalue weighted by molar-refractivity contribution is 0.397. The van der Waals surface area contributed by atoms with Gasteiger partial charge in [-0.25, -0.2) is 4.98 Å². The van der Waals surface area contributed by atoms with Gasteiger partial charge in [-0.2, -0.15) is 4.68 Å². The zero-order valence-electron chi connectivity index (χ0n) is 12.3. The van der Waals surface area contributed by atoms with Crippen molar-refractivity contribution in [2.75, 3.05) is 7.11 Å². The Kier molecular flexibility index (Phi) is 4.34. The van der Waals surface area contributed by atoms with Crippen LogP contribution in [0.5, 0.6) is 5.88 Å². The number of tetrazole rings is 1. The highest BCUT2D eigenvalue weighted by molar-refractivity contribution is 7.98. The minimum atomic E-state index is 0.608. The molecule has 22 heavy (non-hydrogen) atoms. The fourth-order valence-electron chi connectivity index (χ4n) is 1.92. The fourth-order valence-corrected chi connectivity index (χ4v) is 2.75. The van der Waals surface area contributed by atoms with Crippen LogP contribution in [0.3, 0.4) is 0 Å². The van der Waals surface area contributed by atoms with Crippen LogP contribution < -0.4 is 4.74 Å². The molecule has 112 valence electrons. The van der Waals surface area contributed by atoms with Crippen LogP contribution in [0.25, 0.3) is 5.69 Å². The van der Waals surface area contributed by atoms with E-state index in [1.54, 1.807) is 29.8 Å². The van der Waals surface area contributed by atoms with E-state index in [0.29, 0.717) is 5.88 Å². The van der Waals surface area contributed by atoms with Gasteiger partial charge in [-0.05, 0) is 41.1 Å². The Bertz CT molecular complexity index is 757. The molecule has 3 rings (SSSR count). The minimum absolute atomic E-state index is 0.608. The van der Waals surface area contributed by atoms with Crippen molar-refractivity contribution in [2.45, 2.75) is 17.8 Å². The molecule has 6 nitrogen and oxygen atoms in total. The molecule has 0 radical (unpaired) electrons. The largest absolute Gasteiger partial charge is 0.481 e. The zero-order chi connectivity index (χ0) is 15.4. The predicted octanol–water partition coefficient (Wildman–Crippen LogP) is 2.67. The first-order valence-corrected chi connectivity index (χ1v) is 7.72. The van der Waals surface area contributed by atoms with Crippen LogP contribution in [0.2, 0.25) is 0 Å². The Balaban J connectivity index is 1.76. The lowest BCUT2D eigenvalue weighted by atomic mass is 10.2. The van der Waals surface area contributed by atoms with E-state index in [1.807, 2.05) is 36.4 Å². The normalized spacial score (nSPS) is 10.6. The number of nitrogens with zero attached hydrogens (tertiary/aromatic N) is 5. The van der Waals surface area contributed by atoms with Gasteiger partial charge >= 0.3 is 0 Å². The van der Waals surface area contributed by atoms with E-state index >= 15 is 0 Å². The first-order chi connectivity index (χ1) is 10.8. The molecule has 2 aromatic heterocycles. The predicted molar refractivity (Wildman–Crippen MR) is 84.2 cm³/mol. The monoisotopic (exact) mass is 313 g/mol. The second-order valence-electron chi connectivity index (χ2n) is 4.70. The van der Waals surface area contributed by atoms with Crippen LogP contribution in [0.15, 0.2) is 47.8 Å². The number of benzene rings is 1. The van der Waals surface area contributed by atoms with Crippen molar-refractivity contribution in [3.05, 3.63) is 53.7 Å². The standard InChI is InChI=1S/C15H15N5OS/c1-11-3-5-13(6-4-11)20-15(17-18-19-20)22-10-12-7-8-16-14(9-12)21-2/h3-9H,10H2,1-2H3. The van der Waals surface area contributed by atoms with Crippen molar-refractivity contribution < 1.29 is 4.74 Å². The van der Waals surface area contributed by atoms with Gasteiger partial charge in [-0.1, -0.05) is 29.5 Å². The molecular weight excluding hydrogens is 298 g/mol. The third-order valence-corrected chi connectivity index (χ3v) is 4.09. The molecule has 0 saturated carbocycles. The number of aromatic nitrogens is 5. The van der Waals surface area contributed by atoms with E-state index in [1.165, 1.54) is 5.56 Å². The minimum Gasteiger partial charge on any atom is -0.481 e. The first-order valence-electron chi connectivity index (χ1n) is 6.73. The summed E-state index contributed by atoms with van der Waals surface area (Å²) in [6, 6.07) is 12.0. The molecular formula is C15H15N5OS. The summed E-state index contributed by atoms with van der Waals surface area (Å²) < 4.78 is 6.87. The summed E-state index contributed by atoms with van der Waals surface area (Å²) in [6.07, 6.45) is 1.73. The van der Waals surface area contributed by atoms with Crippen LogP contribution in [0.1, 0.15) is 11.1 Å². The first kappa shape index (κ1) is 14.5. The molecule has 0 unspecified atom stereocenters. The summed E-state index contributed by atoms with van der Waals surface area (Å²) >= 11 is 1.57. The van der Waals surface area contributed by atoms with Gasteiger partial charge in [0, 0.05) is 18.0 Å². The number of hydrogen-bond acceptors (Lipinski definition) is 6. The van der Waals surface area contributed by atoms with Gasteiger partial charge in [0.25, 0.3) is 0 Å². The third-order valence-electron chi connectivity index (χ3n) is 3.10. The highest BCUT2D eigenvalue weighted by atomic mass is 32.2. The Morgan fingerprint density at radius 1 is 1.18 bits per heavy atom. The maximum absolute atomic E-state index is 5.13. The van der Waals surface area contributed by atoms with E-state index in [9.17, 15) is 0 Å². The van der Waals surface area contributed by atoms with Crippen LogP contribution >= 0.6 is 11.8 Å². The van der Waals surface area contributed by atoms with E-state index in [2.05, 4.69) is 27.4 Å². The number of methoxy groups -OCH3 is 1. The quantitative estimate of drug-likeness (QED) is 0.675. The molecule has 7 heteroatoms. The number of pyridine rings is 1. The van der Waals surface area contributed by atoms with Crippen molar-refractivity contribution in [1.82, 2.24) is 25.2 Å². The molecule has 0 atom stereocenters. The van der Waals surface area contributed by atoms with Crippen LogP contribution in [-0.4, -0.2) is 32.3 Å².